The van der Waals surface area contributed by atoms with E-state index < -0.39 is 0 Å². The third-order valence-electron chi connectivity index (χ3n) is 5.54. The molecule has 0 unspecified atom stereocenters. The van der Waals surface area contributed by atoms with Crippen molar-refractivity contribution < 1.29 is 4.79 Å². The van der Waals surface area contributed by atoms with Crippen LogP contribution in [0, 0.1) is 0 Å². The summed E-state index contributed by atoms with van der Waals surface area (Å²) < 4.78 is 1.43. The molecule has 2 aliphatic rings. The molecule has 1 amide bonds. The van der Waals surface area contributed by atoms with Crippen LogP contribution in [0.1, 0.15) is 19.3 Å². The molecule has 3 heterocycles. The highest BCUT2D eigenvalue weighted by Gasteiger charge is 2.35. The molecule has 24 heavy (non-hydrogen) atoms. The number of carbonyl (C=O) groups is 1. The Morgan fingerprint density at radius 2 is 2.00 bits per heavy atom. The van der Waals surface area contributed by atoms with Gasteiger partial charge in [0, 0.05) is 25.2 Å². The molecular weight excluding hydrogens is 304 g/mol. The second-order valence-corrected chi connectivity index (χ2v) is 6.87. The van der Waals surface area contributed by atoms with Gasteiger partial charge in [-0.2, -0.15) is 0 Å². The highest BCUT2D eigenvalue weighted by Crippen LogP contribution is 2.28. The number of para-hydroxylation sites is 1. The molecule has 2 fully saturated rings. The van der Waals surface area contributed by atoms with Crippen molar-refractivity contribution in [2.75, 3.05) is 20.1 Å². The van der Waals surface area contributed by atoms with Gasteiger partial charge in [0.25, 0.3) is 5.56 Å². The van der Waals surface area contributed by atoms with E-state index in [1.54, 1.807) is 6.07 Å². The maximum absolute atomic E-state index is 12.7. The van der Waals surface area contributed by atoms with E-state index in [1.165, 1.54) is 17.3 Å². The Morgan fingerprint density at radius 1 is 1.21 bits per heavy atom. The maximum atomic E-state index is 12.7. The summed E-state index contributed by atoms with van der Waals surface area (Å²) in [5, 5.41) is 0.558. The zero-order valence-electron chi connectivity index (χ0n) is 13.9. The van der Waals surface area contributed by atoms with Crippen molar-refractivity contribution in [3.8, 4) is 0 Å². The Hall–Kier alpha value is -2.21. The first-order valence-corrected chi connectivity index (χ1v) is 8.57. The van der Waals surface area contributed by atoms with E-state index in [0.717, 1.165) is 25.9 Å². The first-order chi connectivity index (χ1) is 11.6. The minimum Gasteiger partial charge on any atom is -0.340 e. The van der Waals surface area contributed by atoms with Crippen molar-refractivity contribution in [2.24, 2.45) is 0 Å². The van der Waals surface area contributed by atoms with Gasteiger partial charge < -0.3 is 4.90 Å². The van der Waals surface area contributed by atoms with E-state index >= 15 is 0 Å². The zero-order chi connectivity index (χ0) is 16.7. The van der Waals surface area contributed by atoms with Gasteiger partial charge in [-0.05, 0) is 38.4 Å². The highest BCUT2D eigenvalue weighted by atomic mass is 16.2. The lowest BCUT2D eigenvalue weighted by atomic mass is 10.1. The van der Waals surface area contributed by atoms with Crippen molar-refractivity contribution in [3.05, 3.63) is 40.9 Å². The quantitative estimate of drug-likeness (QED) is 0.829. The fraction of sp³-hybridized carbons (Fsp3) is 0.500. The summed E-state index contributed by atoms with van der Waals surface area (Å²) in [6.07, 6.45) is 4.89. The molecule has 2 aromatic rings. The largest absolute Gasteiger partial charge is 0.340 e. The first-order valence-electron chi connectivity index (χ1n) is 8.57. The summed E-state index contributed by atoms with van der Waals surface area (Å²) in [5.74, 6) is 0.00938. The van der Waals surface area contributed by atoms with Gasteiger partial charge in [0.05, 0.1) is 17.2 Å². The summed E-state index contributed by atoms with van der Waals surface area (Å²) in [4.78, 5) is 33.9. The molecular formula is C18H22N4O2. The number of amides is 1. The monoisotopic (exact) mass is 326 g/mol. The van der Waals surface area contributed by atoms with Gasteiger partial charge in [0.2, 0.25) is 5.91 Å². The van der Waals surface area contributed by atoms with E-state index in [9.17, 15) is 9.59 Å². The average molecular weight is 326 g/mol. The molecule has 2 atom stereocenters. The van der Waals surface area contributed by atoms with Crippen molar-refractivity contribution in [1.29, 1.82) is 0 Å². The molecule has 0 N–H and O–H groups in total. The molecule has 2 saturated heterocycles. The van der Waals surface area contributed by atoms with Gasteiger partial charge in [0.1, 0.15) is 6.54 Å². The van der Waals surface area contributed by atoms with Crippen LogP contribution in [0.25, 0.3) is 10.9 Å². The van der Waals surface area contributed by atoms with Crippen LogP contribution < -0.4 is 5.56 Å². The number of likely N-dealkylation sites (tertiary alicyclic amines) is 1. The van der Waals surface area contributed by atoms with Gasteiger partial charge in [-0.25, -0.2) is 4.98 Å². The molecule has 1 aromatic heterocycles. The van der Waals surface area contributed by atoms with Crippen LogP contribution in [-0.4, -0.2) is 57.5 Å². The SMILES string of the molecule is CN1[C@H]2CC[C@@H]1CN(C(=O)Cn1cnc3ccccc3c1=O)CC2. The summed E-state index contributed by atoms with van der Waals surface area (Å²) in [7, 11) is 2.16. The van der Waals surface area contributed by atoms with Gasteiger partial charge in [-0.15, -0.1) is 0 Å². The van der Waals surface area contributed by atoms with Crippen molar-refractivity contribution in [3.63, 3.8) is 0 Å². The van der Waals surface area contributed by atoms with Crippen LogP contribution in [0.3, 0.4) is 0 Å². The lowest BCUT2D eigenvalue weighted by Gasteiger charge is -2.26. The third kappa shape index (κ3) is 2.60. The standard InChI is InChI=1S/C18H22N4O2/c1-20-13-6-7-14(20)10-21(9-8-13)17(23)11-22-12-19-16-5-3-2-4-15(16)18(22)24/h2-5,12-14H,6-11H2,1H3/t13-,14+/m0/s1. The van der Waals surface area contributed by atoms with Crippen LogP contribution in [0.4, 0.5) is 0 Å². The number of fused-ring (bicyclic) bond motifs is 3. The Morgan fingerprint density at radius 3 is 2.88 bits per heavy atom. The predicted molar refractivity (Wildman–Crippen MR) is 91.8 cm³/mol. The first kappa shape index (κ1) is 15.3. The molecule has 0 radical (unpaired) electrons. The second-order valence-electron chi connectivity index (χ2n) is 6.87. The topological polar surface area (TPSA) is 58.4 Å². The zero-order valence-corrected chi connectivity index (χ0v) is 13.9. The van der Waals surface area contributed by atoms with Crippen LogP contribution in [0.5, 0.6) is 0 Å². The molecule has 1 aromatic carbocycles. The van der Waals surface area contributed by atoms with E-state index in [-0.39, 0.29) is 18.0 Å². The van der Waals surface area contributed by atoms with Gasteiger partial charge in [0.15, 0.2) is 0 Å². The van der Waals surface area contributed by atoms with Gasteiger partial charge in [-0.3, -0.25) is 19.1 Å². The number of rotatable bonds is 2. The summed E-state index contributed by atoms with van der Waals surface area (Å²) >= 11 is 0. The number of aromatic nitrogens is 2. The number of benzene rings is 1. The molecule has 0 spiro atoms. The summed E-state index contributed by atoms with van der Waals surface area (Å²) in [6.45, 7) is 1.61. The number of nitrogens with zero attached hydrogens (tertiary/aromatic N) is 4. The molecule has 0 aliphatic carbocycles. The molecule has 6 nitrogen and oxygen atoms in total. The van der Waals surface area contributed by atoms with E-state index in [2.05, 4.69) is 16.9 Å². The minimum atomic E-state index is -0.151. The average Bonchev–Trinajstić information content (AvgIpc) is 2.82. The maximum Gasteiger partial charge on any atom is 0.261 e. The Balaban J connectivity index is 1.54. The number of carbonyl (C=O) groups excluding carboxylic acids is 1. The number of hydrogen-bond donors (Lipinski definition) is 0. The lowest BCUT2D eigenvalue weighted by molar-refractivity contribution is -0.132. The fourth-order valence-corrected chi connectivity index (χ4v) is 4.00. The highest BCUT2D eigenvalue weighted by molar-refractivity contribution is 5.79. The normalized spacial score (nSPS) is 24.3. The van der Waals surface area contributed by atoms with Crippen LogP contribution >= 0.6 is 0 Å². The van der Waals surface area contributed by atoms with Crippen molar-refractivity contribution in [1.82, 2.24) is 19.4 Å². The van der Waals surface area contributed by atoms with E-state index in [0.29, 0.717) is 23.0 Å². The smallest absolute Gasteiger partial charge is 0.261 e. The fourth-order valence-electron chi connectivity index (χ4n) is 4.00. The van der Waals surface area contributed by atoms with Crippen LogP contribution in [0.2, 0.25) is 0 Å². The van der Waals surface area contributed by atoms with Crippen LogP contribution in [-0.2, 0) is 11.3 Å². The predicted octanol–water partition coefficient (Wildman–Crippen LogP) is 1.09. The number of hydrogen-bond acceptors (Lipinski definition) is 4. The van der Waals surface area contributed by atoms with Crippen molar-refractivity contribution >= 4 is 16.8 Å². The Labute approximate surface area is 140 Å². The van der Waals surface area contributed by atoms with Gasteiger partial charge >= 0.3 is 0 Å². The molecule has 4 rings (SSSR count). The van der Waals surface area contributed by atoms with Crippen LogP contribution in [0.15, 0.2) is 35.4 Å². The summed E-state index contributed by atoms with van der Waals surface area (Å²) in [5.41, 5.74) is 0.516. The molecule has 0 saturated carbocycles. The molecule has 6 heteroatoms. The minimum absolute atomic E-state index is 0.00938. The van der Waals surface area contributed by atoms with Crippen molar-refractivity contribution in [2.45, 2.75) is 37.9 Å². The number of likely N-dealkylation sites (N-methyl/N-ethyl adjacent to an activating group) is 1. The second kappa shape index (κ2) is 6.02. The van der Waals surface area contributed by atoms with Gasteiger partial charge in [-0.1, -0.05) is 12.1 Å². The summed E-state index contributed by atoms with van der Waals surface area (Å²) in [6, 6.07) is 8.28. The van der Waals surface area contributed by atoms with E-state index in [1.807, 2.05) is 23.1 Å². The molecule has 126 valence electrons. The third-order valence-corrected chi connectivity index (χ3v) is 5.54. The Kier molecular flexibility index (Phi) is 3.84. The lowest BCUT2D eigenvalue weighted by Crippen LogP contribution is -2.42. The van der Waals surface area contributed by atoms with E-state index in [4.69, 9.17) is 0 Å². The molecule has 2 aliphatic heterocycles. The Bertz CT molecular complexity index is 831. The molecule has 2 bridgehead atoms.